The summed E-state index contributed by atoms with van der Waals surface area (Å²) in [5.41, 5.74) is 3.07. The minimum Gasteiger partial charge on any atom is -0.490 e. The molecular weight excluding hydrogens is 340 g/mol. The molecular formula is C21H22N4O2. The molecule has 3 aromatic rings. The molecule has 2 aromatic heterocycles. The second-order valence-corrected chi connectivity index (χ2v) is 6.34. The normalized spacial score (nSPS) is 13.1. The van der Waals surface area contributed by atoms with E-state index in [4.69, 9.17) is 9.47 Å². The lowest BCUT2D eigenvalue weighted by Gasteiger charge is -2.12. The first-order valence-corrected chi connectivity index (χ1v) is 9.22. The van der Waals surface area contributed by atoms with Crippen LogP contribution in [0.5, 0.6) is 11.5 Å². The van der Waals surface area contributed by atoms with Crippen molar-refractivity contribution in [1.82, 2.24) is 15.0 Å². The molecule has 1 aromatic carbocycles. The van der Waals surface area contributed by atoms with Crippen LogP contribution in [0, 0.1) is 0 Å². The minimum absolute atomic E-state index is 0.645. The third kappa shape index (κ3) is 4.16. The van der Waals surface area contributed by atoms with Crippen LogP contribution in [0.4, 0.5) is 5.82 Å². The Balaban J connectivity index is 1.53. The average Bonchev–Trinajstić information content (AvgIpc) is 2.97. The van der Waals surface area contributed by atoms with Crippen LogP contribution >= 0.6 is 0 Å². The van der Waals surface area contributed by atoms with E-state index in [2.05, 4.69) is 27.2 Å². The first-order valence-electron chi connectivity index (χ1n) is 9.22. The highest BCUT2D eigenvalue weighted by molar-refractivity contribution is 5.57. The maximum atomic E-state index is 5.77. The van der Waals surface area contributed by atoms with Crippen LogP contribution in [0.3, 0.4) is 0 Å². The monoisotopic (exact) mass is 362 g/mol. The fraction of sp³-hybridized carbons (Fsp3) is 0.286. The number of ether oxygens (including phenoxy) is 2. The summed E-state index contributed by atoms with van der Waals surface area (Å²) in [5.74, 6) is 3.13. The van der Waals surface area contributed by atoms with E-state index >= 15 is 0 Å². The van der Waals surface area contributed by atoms with E-state index in [-0.39, 0.29) is 0 Å². The van der Waals surface area contributed by atoms with E-state index in [0.717, 1.165) is 47.0 Å². The maximum Gasteiger partial charge on any atom is 0.161 e. The van der Waals surface area contributed by atoms with Crippen molar-refractivity contribution in [3.63, 3.8) is 0 Å². The van der Waals surface area contributed by atoms with Gasteiger partial charge in [-0.05, 0) is 36.2 Å². The highest BCUT2D eigenvalue weighted by atomic mass is 16.5. The number of nitrogens with zero attached hydrogens (tertiary/aromatic N) is 3. The molecule has 3 heterocycles. The fourth-order valence-electron chi connectivity index (χ4n) is 2.91. The van der Waals surface area contributed by atoms with E-state index in [9.17, 15) is 0 Å². The number of anilines is 1. The zero-order valence-electron chi connectivity index (χ0n) is 15.3. The van der Waals surface area contributed by atoms with Gasteiger partial charge in [0.2, 0.25) is 0 Å². The molecule has 1 N–H and O–H groups in total. The van der Waals surface area contributed by atoms with Gasteiger partial charge in [0.15, 0.2) is 17.3 Å². The molecule has 1 aliphatic rings. The van der Waals surface area contributed by atoms with Crippen LogP contribution in [0.25, 0.3) is 11.4 Å². The summed E-state index contributed by atoms with van der Waals surface area (Å²) < 4.78 is 11.5. The summed E-state index contributed by atoms with van der Waals surface area (Å²) in [7, 11) is 0. The number of nitrogens with one attached hydrogen (secondary N) is 1. The summed E-state index contributed by atoms with van der Waals surface area (Å²) in [5, 5.41) is 3.41. The van der Waals surface area contributed by atoms with Crippen LogP contribution in [-0.2, 0) is 13.0 Å². The summed E-state index contributed by atoms with van der Waals surface area (Å²) in [6, 6.07) is 11.9. The van der Waals surface area contributed by atoms with Gasteiger partial charge in [-0.15, -0.1) is 0 Å². The number of aryl methyl sites for hydroxylation is 1. The number of fused-ring (bicyclic) bond motifs is 1. The first-order chi connectivity index (χ1) is 13.3. The van der Waals surface area contributed by atoms with Gasteiger partial charge in [-0.2, -0.15) is 0 Å². The third-order valence-electron chi connectivity index (χ3n) is 4.37. The molecule has 0 radical (unpaired) electrons. The Morgan fingerprint density at radius 2 is 1.78 bits per heavy atom. The zero-order valence-corrected chi connectivity index (χ0v) is 15.3. The van der Waals surface area contributed by atoms with Gasteiger partial charge in [-0.25, -0.2) is 9.97 Å². The van der Waals surface area contributed by atoms with E-state index < -0.39 is 0 Å². The van der Waals surface area contributed by atoms with E-state index in [1.165, 1.54) is 0 Å². The molecule has 6 nitrogen and oxygen atoms in total. The van der Waals surface area contributed by atoms with Gasteiger partial charge in [-0.3, -0.25) is 4.98 Å². The number of aromatic nitrogens is 3. The summed E-state index contributed by atoms with van der Waals surface area (Å²) in [6.45, 7) is 4.12. The molecule has 0 atom stereocenters. The second-order valence-electron chi connectivity index (χ2n) is 6.34. The molecule has 0 fully saturated rings. The van der Waals surface area contributed by atoms with Crippen molar-refractivity contribution in [1.29, 1.82) is 0 Å². The highest BCUT2D eigenvalue weighted by Crippen LogP contribution is 2.30. The SMILES string of the molecule is CCc1cc(NCc2ccc3c(c2)OCCCO3)nc(-c2ccncc2)n1. The molecule has 0 spiro atoms. The van der Waals surface area contributed by atoms with E-state index in [1.54, 1.807) is 12.4 Å². The standard InChI is InChI=1S/C21H22N4O2/c1-2-17-13-20(25-21(24-17)16-6-8-22-9-7-16)23-14-15-4-5-18-19(12-15)27-11-3-10-26-18/h4-9,12-13H,2-3,10-11,14H2,1H3,(H,23,24,25). The third-order valence-corrected chi connectivity index (χ3v) is 4.37. The van der Waals surface area contributed by atoms with Crippen molar-refractivity contribution in [2.45, 2.75) is 26.3 Å². The van der Waals surface area contributed by atoms with Crippen LogP contribution in [0.2, 0.25) is 0 Å². The Bertz CT molecular complexity index is 915. The second kappa shape index (κ2) is 8.03. The number of hydrogen-bond donors (Lipinski definition) is 1. The van der Waals surface area contributed by atoms with Gasteiger partial charge in [0.25, 0.3) is 0 Å². The van der Waals surface area contributed by atoms with Gasteiger partial charge in [0.05, 0.1) is 13.2 Å². The van der Waals surface area contributed by atoms with Crippen molar-refractivity contribution in [3.8, 4) is 22.9 Å². The molecule has 0 aliphatic carbocycles. The quantitative estimate of drug-likeness (QED) is 0.743. The largest absolute Gasteiger partial charge is 0.490 e. The predicted molar refractivity (Wildman–Crippen MR) is 104 cm³/mol. The zero-order chi connectivity index (χ0) is 18.5. The topological polar surface area (TPSA) is 69.2 Å². The predicted octanol–water partition coefficient (Wildman–Crippen LogP) is 3.87. The number of pyridine rings is 1. The Kier molecular flexibility index (Phi) is 5.14. The van der Waals surface area contributed by atoms with Gasteiger partial charge in [0, 0.05) is 42.7 Å². The van der Waals surface area contributed by atoms with Gasteiger partial charge < -0.3 is 14.8 Å². The molecule has 1 aliphatic heterocycles. The lowest BCUT2D eigenvalue weighted by molar-refractivity contribution is 0.297. The molecule has 4 rings (SSSR count). The molecule has 0 amide bonds. The van der Waals surface area contributed by atoms with Gasteiger partial charge in [-0.1, -0.05) is 13.0 Å². The van der Waals surface area contributed by atoms with Crippen LogP contribution in [-0.4, -0.2) is 28.2 Å². The minimum atomic E-state index is 0.645. The van der Waals surface area contributed by atoms with Crippen molar-refractivity contribution in [2.75, 3.05) is 18.5 Å². The Morgan fingerprint density at radius 3 is 2.59 bits per heavy atom. The fourth-order valence-corrected chi connectivity index (χ4v) is 2.91. The van der Waals surface area contributed by atoms with E-state index in [0.29, 0.717) is 25.6 Å². The molecule has 0 saturated heterocycles. The number of rotatable bonds is 5. The maximum absolute atomic E-state index is 5.77. The van der Waals surface area contributed by atoms with Crippen molar-refractivity contribution in [2.24, 2.45) is 0 Å². The Labute approximate surface area is 158 Å². The van der Waals surface area contributed by atoms with Crippen molar-refractivity contribution < 1.29 is 9.47 Å². The summed E-state index contributed by atoms with van der Waals surface area (Å²) in [4.78, 5) is 13.4. The lowest BCUT2D eigenvalue weighted by Crippen LogP contribution is -2.05. The van der Waals surface area contributed by atoms with Crippen molar-refractivity contribution >= 4 is 5.82 Å². The molecule has 6 heteroatoms. The Morgan fingerprint density at radius 1 is 0.963 bits per heavy atom. The van der Waals surface area contributed by atoms with E-state index in [1.807, 2.05) is 36.4 Å². The smallest absolute Gasteiger partial charge is 0.161 e. The van der Waals surface area contributed by atoms with Crippen molar-refractivity contribution in [3.05, 3.63) is 60.0 Å². The number of hydrogen-bond acceptors (Lipinski definition) is 6. The number of benzene rings is 1. The summed E-state index contributed by atoms with van der Waals surface area (Å²) in [6.07, 6.45) is 5.25. The molecule has 0 bridgehead atoms. The molecule has 0 unspecified atom stereocenters. The van der Waals surface area contributed by atoms with Crippen LogP contribution in [0.1, 0.15) is 24.6 Å². The first kappa shape index (κ1) is 17.3. The molecule has 0 saturated carbocycles. The van der Waals surface area contributed by atoms with Gasteiger partial charge in [0.1, 0.15) is 5.82 Å². The lowest BCUT2D eigenvalue weighted by atomic mass is 10.2. The molecule has 138 valence electrons. The highest BCUT2D eigenvalue weighted by Gasteiger charge is 2.11. The molecule has 27 heavy (non-hydrogen) atoms. The average molecular weight is 362 g/mol. The van der Waals surface area contributed by atoms with Gasteiger partial charge >= 0.3 is 0 Å². The Hall–Kier alpha value is -3.15. The summed E-state index contributed by atoms with van der Waals surface area (Å²) >= 11 is 0. The van der Waals surface area contributed by atoms with Crippen LogP contribution in [0.15, 0.2) is 48.8 Å². The van der Waals surface area contributed by atoms with Crippen LogP contribution < -0.4 is 14.8 Å².